The highest BCUT2D eigenvalue weighted by atomic mass is 16.4. The topological polar surface area (TPSA) is 87.4 Å². The molecule has 0 unspecified atom stereocenters. The van der Waals surface area contributed by atoms with Gasteiger partial charge in [-0.05, 0) is 25.5 Å². The molecule has 0 spiro atoms. The van der Waals surface area contributed by atoms with Crippen molar-refractivity contribution in [2.45, 2.75) is 13.3 Å². The fourth-order valence-corrected chi connectivity index (χ4v) is 3.75. The molecule has 3 aromatic rings. The smallest absolute Gasteiger partial charge is 0.298 e. The highest BCUT2D eigenvalue weighted by Crippen LogP contribution is 2.27. The number of carbonyl (C=O) groups is 1. The van der Waals surface area contributed by atoms with Crippen LogP contribution in [0.4, 0.5) is 11.8 Å². The van der Waals surface area contributed by atoms with Gasteiger partial charge in [-0.1, -0.05) is 12.1 Å². The molecule has 2 aromatic heterocycles. The summed E-state index contributed by atoms with van der Waals surface area (Å²) in [6.45, 7) is 5.63. The van der Waals surface area contributed by atoms with E-state index in [-0.39, 0.29) is 5.91 Å². The average molecular weight is 364 g/mol. The maximum absolute atomic E-state index is 12.1. The van der Waals surface area contributed by atoms with E-state index in [0.29, 0.717) is 24.1 Å². The van der Waals surface area contributed by atoms with Gasteiger partial charge in [-0.25, -0.2) is 9.97 Å². The number of amides is 1. The van der Waals surface area contributed by atoms with E-state index < -0.39 is 0 Å². The van der Waals surface area contributed by atoms with Crippen molar-refractivity contribution in [2.24, 2.45) is 0 Å². The number of hydrogen-bond donors (Lipinski definition) is 1. The van der Waals surface area contributed by atoms with Crippen molar-refractivity contribution in [2.75, 3.05) is 42.5 Å². The van der Waals surface area contributed by atoms with E-state index in [1.807, 2.05) is 31.2 Å². The second kappa shape index (κ2) is 6.22. The number of rotatable bonds is 2. The van der Waals surface area contributed by atoms with E-state index in [0.717, 1.165) is 55.1 Å². The van der Waals surface area contributed by atoms with E-state index >= 15 is 0 Å². The second-order valence-corrected chi connectivity index (χ2v) is 6.87. The number of anilines is 2. The van der Waals surface area contributed by atoms with Gasteiger partial charge in [0, 0.05) is 38.3 Å². The largest absolute Gasteiger partial charge is 0.423 e. The van der Waals surface area contributed by atoms with Gasteiger partial charge in [0.05, 0.1) is 0 Å². The van der Waals surface area contributed by atoms with Crippen LogP contribution in [0.3, 0.4) is 0 Å². The number of hydrogen-bond acceptors (Lipinski definition) is 7. The summed E-state index contributed by atoms with van der Waals surface area (Å²) in [6.07, 6.45) is 0.766. The lowest BCUT2D eigenvalue weighted by atomic mass is 10.1. The zero-order chi connectivity index (χ0) is 18.4. The predicted octanol–water partition coefficient (Wildman–Crippen LogP) is 1.54. The molecule has 0 atom stereocenters. The zero-order valence-corrected chi connectivity index (χ0v) is 15.1. The zero-order valence-electron chi connectivity index (χ0n) is 15.1. The van der Waals surface area contributed by atoms with Crippen molar-refractivity contribution in [1.82, 2.24) is 20.3 Å². The van der Waals surface area contributed by atoms with Crippen LogP contribution in [0.5, 0.6) is 0 Å². The molecule has 0 aliphatic carbocycles. The van der Waals surface area contributed by atoms with Gasteiger partial charge in [0.2, 0.25) is 0 Å². The molecule has 5 rings (SSSR count). The summed E-state index contributed by atoms with van der Waals surface area (Å²) in [5.74, 6) is 1.42. The van der Waals surface area contributed by atoms with Gasteiger partial charge in [-0.3, -0.25) is 4.79 Å². The molecule has 2 aliphatic heterocycles. The van der Waals surface area contributed by atoms with Gasteiger partial charge in [0.15, 0.2) is 5.58 Å². The van der Waals surface area contributed by atoms with E-state index in [2.05, 4.69) is 30.1 Å². The molecular formula is C19H20N6O2. The number of fused-ring (bicyclic) bond motifs is 2. The molecule has 8 nitrogen and oxygen atoms in total. The van der Waals surface area contributed by atoms with Gasteiger partial charge in [0.25, 0.3) is 11.9 Å². The number of piperazine rings is 1. The van der Waals surface area contributed by atoms with Crippen LogP contribution in [-0.4, -0.2) is 53.6 Å². The van der Waals surface area contributed by atoms with E-state index in [4.69, 9.17) is 4.42 Å². The summed E-state index contributed by atoms with van der Waals surface area (Å²) in [7, 11) is 0. The monoisotopic (exact) mass is 364 g/mol. The van der Waals surface area contributed by atoms with Crippen LogP contribution in [0.1, 0.15) is 21.9 Å². The lowest BCUT2D eigenvalue weighted by Gasteiger charge is -2.36. The van der Waals surface area contributed by atoms with Gasteiger partial charge in [-0.15, -0.1) is 0 Å². The normalized spacial score (nSPS) is 17.1. The Morgan fingerprint density at radius 2 is 1.81 bits per heavy atom. The van der Waals surface area contributed by atoms with Crippen molar-refractivity contribution in [3.63, 3.8) is 0 Å². The number of oxazole rings is 1. The highest BCUT2D eigenvalue weighted by molar-refractivity contribution is 5.96. The summed E-state index contributed by atoms with van der Waals surface area (Å²) >= 11 is 0. The molecule has 0 bridgehead atoms. The Balaban J connectivity index is 1.38. The van der Waals surface area contributed by atoms with Crippen molar-refractivity contribution in [1.29, 1.82) is 0 Å². The quantitative estimate of drug-likeness (QED) is 0.738. The summed E-state index contributed by atoms with van der Waals surface area (Å²) in [5, 5.41) is 2.86. The molecule has 1 amide bonds. The van der Waals surface area contributed by atoms with Gasteiger partial charge in [0.1, 0.15) is 22.9 Å². The van der Waals surface area contributed by atoms with Crippen LogP contribution >= 0.6 is 0 Å². The molecule has 8 heteroatoms. The van der Waals surface area contributed by atoms with Crippen LogP contribution < -0.4 is 15.1 Å². The maximum Gasteiger partial charge on any atom is 0.298 e. The molecule has 1 aromatic carbocycles. The fourth-order valence-electron chi connectivity index (χ4n) is 3.75. The Morgan fingerprint density at radius 3 is 2.63 bits per heavy atom. The minimum atomic E-state index is -0.104. The van der Waals surface area contributed by atoms with Crippen molar-refractivity contribution >= 4 is 28.8 Å². The van der Waals surface area contributed by atoms with E-state index in [1.165, 1.54) is 0 Å². The molecule has 0 saturated carbocycles. The number of benzene rings is 1. The van der Waals surface area contributed by atoms with Crippen molar-refractivity contribution in [3.05, 3.63) is 41.3 Å². The Morgan fingerprint density at radius 1 is 1.04 bits per heavy atom. The maximum atomic E-state index is 12.1. The van der Waals surface area contributed by atoms with E-state index in [9.17, 15) is 4.79 Å². The van der Waals surface area contributed by atoms with Crippen LogP contribution in [0, 0.1) is 6.92 Å². The number of nitrogens with zero attached hydrogens (tertiary/aromatic N) is 5. The molecule has 1 N–H and O–H groups in total. The Hall–Kier alpha value is -3.16. The van der Waals surface area contributed by atoms with Crippen LogP contribution in [0.2, 0.25) is 0 Å². The number of aromatic nitrogens is 3. The third-order valence-electron chi connectivity index (χ3n) is 5.11. The summed E-state index contributed by atoms with van der Waals surface area (Å²) < 4.78 is 5.89. The highest BCUT2D eigenvalue weighted by Gasteiger charge is 2.28. The van der Waals surface area contributed by atoms with E-state index in [1.54, 1.807) is 0 Å². The minimum Gasteiger partial charge on any atom is -0.423 e. The van der Waals surface area contributed by atoms with Gasteiger partial charge >= 0.3 is 0 Å². The van der Waals surface area contributed by atoms with Crippen LogP contribution in [-0.2, 0) is 6.42 Å². The molecule has 1 saturated heterocycles. The summed E-state index contributed by atoms with van der Waals surface area (Å²) in [4.78, 5) is 30.1. The minimum absolute atomic E-state index is 0.104. The molecule has 1 fully saturated rings. The van der Waals surface area contributed by atoms with Crippen LogP contribution in [0.15, 0.2) is 28.7 Å². The lowest BCUT2D eigenvalue weighted by molar-refractivity contribution is 0.0940. The van der Waals surface area contributed by atoms with Gasteiger partial charge < -0.3 is 19.5 Å². The lowest BCUT2D eigenvalue weighted by Crippen LogP contribution is -2.48. The molecular weight excluding hydrogens is 344 g/mol. The van der Waals surface area contributed by atoms with Crippen molar-refractivity contribution < 1.29 is 9.21 Å². The molecule has 138 valence electrons. The first-order valence-corrected chi connectivity index (χ1v) is 9.20. The Kier molecular flexibility index (Phi) is 3.70. The SMILES string of the molecule is Cc1nc2c(c(N3CCN(c4nc5ccccc5o4)CC3)n1)CCNC2=O. The Labute approximate surface area is 156 Å². The molecule has 2 aliphatic rings. The number of para-hydroxylation sites is 2. The standard InChI is InChI=1S/C19H20N6O2/c1-12-21-16-13(6-7-20-18(16)26)17(22-12)24-8-10-25(11-9-24)19-23-14-4-2-3-5-15(14)27-19/h2-5H,6-11H2,1H3,(H,20,26). The van der Waals surface area contributed by atoms with Gasteiger partial charge in [-0.2, -0.15) is 4.98 Å². The predicted molar refractivity (Wildman–Crippen MR) is 101 cm³/mol. The number of aryl methyl sites for hydroxylation is 1. The third-order valence-corrected chi connectivity index (χ3v) is 5.11. The first-order valence-electron chi connectivity index (χ1n) is 9.20. The number of carbonyl (C=O) groups excluding carboxylic acids is 1. The molecule has 4 heterocycles. The summed E-state index contributed by atoms with van der Waals surface area (Å²) in [6, 6.07) is 8.47. The Bertz CT molecular complexity index is 989. The fraction of sp³-hybridized carbons (Fsp3) is 0.368. The molecule has 0 radical (unpaired) electrons. The number of nitrogens with one attached hydrogen (secondary N) is 1. The first-order chi connectivity index (χ1) is 13.2. The van der Waals surface area contributed by atoms with Crippen LogP contribution in [0.25, 0.3) is 11.1 Å². The van der Waals surface area contributed by atoms with Crippen molar-refractivity contribution in [3.8, 4) is 0 Å². The summed E-state index contributed by atoms with van der Waals surface area (Å²) in [5.41, 5.74) is 3.16. The third kappa shape index (κ3) is 2.77. The second-order valence-electron chi connectivity index (χ2n) is 6.87. The first kappa shape index (κ1) is 16.0. The molecule has 27 heavy (non-hydrogen) atoms. The average Bonchev–Trinajstić information content (AvgIpc) is 3.13.